The molecule has 1 N–H and O–H groups in total. The maximum absolute atomic E-state index is 12.5. The summed E-state index contributed by atoms with van der Waals surface area (Å²) in [6.45, 7) is 1.50. The minimum absolute atomic E-state index is 0.189. The van der Waals surface area contributed by atoms with Gasteiger partial charge in [-0.1, -0.05) is 41.9 Å². The van der Waals surface area contributed by atoms with Crippen LogP contribution in [-0.4, -0.2) is 35.0 Å². The van der Waals surface area contributed by atoms with Crippen LogP contribution in [0.2, 0.25) is 5.02 Å². The predicted molar refractivity (Wildman–Crippen MR) is 106 cm³/mol. The number of piperidine rings is 1. The van der Waals surface area contributed by atoms with Crippen LogP contribution in [0.15, 0.2) is 48.5 Å². The topological polar surface area (TPSA) is 57.6 Å². The molecule has 3 rings (SSSR count). The highest BCUT2D eigenvalue weighted by molar-refractivity contribution is 6.30. The van der Waals surface area contributed by atoms with E-state index in [-0.39, 0.29) is 5.91 Å². The number of benzene rings is 2. The Labute approximate surface area is 164 Å². The van der Waals surface area contributed by atoms with Gasteiger partial charge in [-0.15, -0.1) is 0 Å². The molecule has 1 heterocycles. The number of nitrogens with zero attached hydrogens (tertiary/aromatic N) is 1. The van der Waals surface area contributed by atoms with Crippen LogP contribution in [0.1, 0.15) is 40.7 Å². The van der Waals surface area contributed by atoms with Crippen molar-refractivity contribution >= 4 is 23.5 Å². The molecule has 27 heavy (non-hydrogen) atoms. The number of carbonyl (C=O) groups is 2. The zero-order chi connectivity index (χ0) is 19.2. The van der Waals surface area contributed by atoms with Crippen LogP contribution in [0, 0.1) is 5.92 Å². The summed E-state index contributed by atoms with van der Waals surface area (Å²) in [5.74, 6) is -0.263. The van der Waals surface area contributed by atoms with Gasteiger partial charge in [0.1, 0.15) is 0 Å². The number of carboxylic acids is 1. The Hall–Kier alpha value is -2.33. The Morgan fingerprint density at radius 3 is 2.37 bits per heavy atom. The van der Waals surface area contributed by atoms with E-state index in [4.69, 9.17) is 11.6 Å². The van der Waals surface area contributed by atoms with Gasteiger partial charge in [0.05, 0.1) is 5.56 Å². The quantitative estimate of drug-likeness (QED) is 0.799. The van der Waals surface area contributed by atoms with E-state index < -0.39 is 5.97 Å². The summed E-state index contributed by atoms with van der Waals surface area (Å²) in [7, 11) is 0. The minimum atomic E-state index is -0.875. The summed E-state index contributed by atoms with van der Waals surface area (Å²) in [6, 6.07) is 14.8. The number of aromatic carboxylic acids is 1. The average Bonchev–Trinajstić information content (AvgIpc) is 2.68. The van der Waals surface area contributed by atoms with Gasteiger partial charge in [0.2, 0.25) is 5.91 Å². The first-order chi connectivity index (χ1) is 13.0. The summed E-state index contributed by atoms with van der Waals surface area (Å²) in [5, 5.41) is 10.0. The molecule has 4 nitrogen and oxygen atoms in total. The van der Waals surface area contributed by atoms with Crippen LogP contribution in [-0.2, 0) is 17.6 Å². The number of rotatable bonds is 6. The summed E-state index contributed by atoms with van der Waals surface area (Å²) >= 11 is 5.89. The van der Waals surface area contributed by atoms with Crippen LogP contribution in [0.4, 0.5) is 0 Å². The fourth-order valence-corrected chi connectivity index (χ4v) is 3.79. The highest BCUT2D eigenvalue weighted by Crippen LogP contribution is 2.24. The lowest BCUT2D eigenvalue weighted by Crippen LogP contribution is -2.39. The van der Waals surface area contributed by atoms with Gasteiger partial charge in [0.15, 0.2) is 0 Å². The monoisotopic (exact) mass is 385 g/mol. The van der Waals surface area contributed by atoms with Gasteiger partial charge in [0, 0.05) is 24.5 Å². The third-order valence-electron chi connectivity index (χ3n) is 5.26. The molecule has 0 spiro atoms. The zero-order valence-electron chi connectivity index (χ0n) is 15.2. The molecule has 0 saturated carbocycles. The van der Waals surface area contributed by atoms with Gasteiger partial charge in [0.25, 0.3) is 0 Å². The molecule has 0 aromatic heterocycles. The van der Waals surface area contributed by atoms with Crippen LogP contribution < -0.4 is 0 Å². The Morgan fingerprint density at radius 1 is 1.04 bits per heavy atom. The van der Waals surface area contributed by atoms with Crippen molar-refractivity contribution in [3.63, 3.8) is 0 Å². The van der Waals surface area contributed by atoms with Gasteiger partial charge < -0.3 is 10.0 Å². The molecule has 1 aliphatic rings. The second kappa shape index (κ2) is 9.05. The van der Waals surface area contributed by atoms with E-state index in [1.807, 2.05) is 41.3 Å². The normalized spacial score (nSPS) is 14.9. The molecule has 0 radical (unpaired) electrons. The fourth-order valence-electron chi connectivity index (χ4n) is 3.66. The summed E-state index contributed by atoms with van der Waals surface area (Å²) in [4.78, 5) is 25.8. The third-order valence-corrected chi connectivity index (χ3v) is 5.52. The first-order valence-corrected chi connectivity index (χ1v) is 9.74. The SMILES string of the molecule is O=C(O)c1ccccc1CC1CCN(C(=O)CCc2ccc(Cl)cc2)CC1. The molecule has 1 amide bonds. The molecule has 0 aliphatic carbocycles. The molecule has 0 bridgehead atoms. The van der Waals surface area contributed by atoms with E-state index in [2.05, 4.69) is 0 Å². The number of carbonyl (C=O) groups excluding carboxylic acids is 1. The van der Waals surface area contributed by atoms with Crippen molar-refractivity contribution in [3.8, 4) is 0 Å². The Bertz CT molecular complexity index is 795. The van der Waals surface area contributed by atoms with Crippen molar-refractivity contribution in [3.05, 3.63) is 70.2 Å². The molecule has 142 valence electrons. The number of carboxylic acid groups (broad SMARTS) is 1. The summed E-state index contributed by atoms with van der Waals surface area (Å²) < 4.78 is 0. The van der Waals surface area contributed by atoms with Crippen molar-refractivity contribution in [1.29, 1.82) is 0 Å². The first-order valence-electron chi connectivity index (χ1n) is 9.36. The first kappa shape index (κ1) is 19.4. The standard InChI is InChI=1S/C22H24ClNO3/c23-19-8-5-16(6-9-19)7-10-21(25)24-13-11-17(12-14-24)15-18-3-1-2-4-20(18)22(26)27/h1-6,8-9,17H,7,10-15H2,(H,26,27). The van der Waals surface area contributed by atoms with E-state index in [0.29, 0.717) is 22.9 Å². The number of likely N-dealkylation sites (tertiary alicyclic amines) is 1. The van der Waals surface area contributed by atoms with E-state index in [0.717, 1.165) is 49.9 Å². The van der Waals surface area contributed by atoms with Gasteiger partial charge in [-0.25, -0.2) is 4.79 Å². The van der Waals surface area contributed by atoms with Crippen molar-refractivity contribution in [1.82, 2.24) is 4.90 Å². The largest absolute Gasteiger partial charge is 0.478 e. The number of aryl methyl sites for hydroxylation is 1. The summed E-state index contributed by atoms with van der Waals surface area (Å²) in [6.07, 6.45) is 3.83. The predicted octanol–water partition coefficient (Wildman–Crippen LogP) is 4.45. The van der Waals surface area contributed by atoms with Crippen molar-refractivity contribution < 1.29 is 14.7 Å². The van der Waals surface area contributed by atoms with Gasteiger partial charge in [-0.05, 0) is 60.9 Å². The van der Waals surface area contributed by atoms with Crippen LogP contribution >= 0.6 is 11.6 Å². The highest BCUT2D eigenvalue weighted by atomic mass is 35.5. The molecule has 2 aromatic rings. The molecule has 5 heteroatoms. The molecule has 0 unspecified atom stereocenters. The summed E-state index contributed by atoms with van der Waals surface area (Å²) in [5.41, 5.74) is 2.39. The lowest BCUT2D eigenvalue weighted by molar-refractivity contribution is -0.132. The Balaban J connectivity index is 1.48. The lowest BCUT2D eigenvalue weighted by Gasteiger charge is -2.32. The van der Waals surface area contributed by atoms with Crippen molar-refractivity contribution in [2.75, 3.05) is 13.1 Å². The van der Waals surface area contributed by atoms with Crippen LogP contribution in [0.5, 0.6) is 0 Å². The van der Waals surface area contributed by atoms with Crippen molar-refractivity contribution in [2.45, 2.75) is 32.1 Å². The molecule has 1 saturated heterocycles. The highest BCUT2D eigenvalue weighted by Gasteiger charge is 2.24. The van der Waals surface area contributed by atoms with E-state index in [9.17, 15) is 14.7 Å². The van der Waals surface area contributed by atoms with Gasteiger partial charge in [-0.2, -0.15) is 0 Å². The molecular formula is C22H24ClNO3. The van der Waals surface area contributed by atoms with Crippen LogP contribution in [0.25, 0.3) is 0 Å². The minimum Gasteiger partial charge on any atom is -0.478 e. The van der Waals surface area contributed by atoms with E-state index in [1.165, 1.54) is 0 Å². The number of hydrogen-bond donors (Lipinski definition) is 1. The zero-order valence-corrected chi connectivity index (χ0v) is 16.0. The Morgan fingerprint density at radius 2 is 1.70 bits per heavy atom. The molecule has 0 atom stereocenters. The second-order valence-corrected chi connectivity index (χ2v) is 7.55. The molecule has 1 fully saturated rings. The smallest absolute Gasteiger partial charge is 0.335 e. The van der Waals surface area contributed by atoms with Crippen molar-refractivity contribution in [2.24, 2.45) is 5.92 Å². The average molecular weight is 386 g/mol. The van der Waals surface area contributed by atoms with Gasteiger partial charge in [-0.3, -0.25) is 4.79 Å². The van der Waals surface area contributed by atoms with Crippen LogP contribution in [0.3, 0.4) is 0 Å². The Kier molecular flexibility index (Phi) is 6.51. The lowest BCUT2D eigenvalue weighted by atomic mass is 9.88. The maximum Gasteiger partial charge on any atom is 0.335 e. The number of halogens is 1. The fraction of sp³-hybridized carbons (Fsp3) is 0.364. The molecule has 1 aliphatic heterocycles. The number of amides is 1. The maximum atomic E-state index is 12.5. The molecule has 2 aromatic carbocycles. The number of hydrogen-bond acceptors (Lipinski definition) is 2. The molecular weight excluding hydrogens is 362 g/mol. The van der Waals surface area contributed by atoms with Gasteiger partial charge >= 0.3 is 5.97 Å². The van der Waals surface area contributed by atoms with E-state index >= 15 is 0 Å². The third kappa shape index (κ3) is 5.33. The second-order valence-electron chi connectivity index (χ2n) is 7.12. The van der Waals surface area contributed by atoms with E-state index in [1.54, 1.807) is 12.1 Å².